The van der Waals surface area contributed by atoms with E-state index in [9.17, 15) is 12.8 Å². The van der Waals surface area contributed by atoms with E-state index < -0.39 is 15.8 Å². The molecule has 3 aromatic rings. The third-order valence-corrected chi connectivity index (χ3v) is 4.95. The third-order valence-electron chi connectivity index (χ3n) is 3.58. The fourth-order valence-electron chi connectivity index (χ4n) is 2.31. The lowest BCUT2D eigenvalue weighted by Gasteiger charge is -2.10. The Balaban J connectivity index is 1.67. The summed E-state index contributed by atoms with van der Waals surface area (Å²) in [5, 5.41) is 3.16. The van der Waals surface area contributed by atoms with E-state index in [-0.39, 0.29) is 10.7 Å². The lowest BCUT2D eigenvalue weighted by molar-refractivity contribution is 0.340. The first-order chi connectivity index (χ1) is 13.0. The molecule has 0 saturated heterocycles. The number of aromatic nitrogens is 1. The van der Waals surface area contributed by atoms with Gasteiger partial charge in [0.05, 0.1) is 23.4 Å². The Morgan fingerprint density at radius 2 is 1.63 bits per heavy atom. The number of ether oxygens (including phenoxy) is 1. The maximum Gasteiger partial charge on any atom is 0.263 e. The first kappa shape index (κ1) is 18.7. The molecule has 0 atom stereocenters. The summed E-state index contributed by atoms with van der Waals surface area (Å²) in [7, 11) is -3.83. The second-order valence-electron chi connectivity index (χ2n) is 5.57. The molecule has 0 saturated carbocycles. The predicted octanol–water partition coefficient (Wildman–Crippen LogP) is 4.16. The molecule has 0 aliphatic heterocycles. The van der Waals surface area contributed by atoms with Crippen molar-refractivity contribution in [2.45, 2.75) is 11.8 Å². The highest BCUT2D eigenvalue weighted by molar-refractivity contribution is 7.92. The van der Waals surface area contributed by atoms with Gasteiger partial charge in [-0.3, -0.25) is 4.72 Å². The molecule has 140 valence electrons. The van der Waals surface area contributed by atoms with Crippen LogP contribution in [0.25, 0.3) is 0 Å². The van der Waals surface area contributed by atoms with E-state index in [2.05, 4.69) is 15.0 Å². The number of anilines is 3. The number of hydrogen-bond donors (Lipinski definition) is 2. The van der Waals surface area contributed by atoms with Crippen LogP contribution in [-0.2, 0) is 10.0 Å². The van der Waals surface area contributed by atoms with Crippen LogP contribution in [0.2, 0.25) is 0 Å². The molecule has 0 aliphatic rings. The Kier molecular flexibility index (Phi) is 5.56. The Morgan fingerprint density at radius 1 is 0.963 bits per heavy atom. The van der Waals surface area contributed by atoms with Crippen molar-refractivity contribution in [2.24, 2.45) is 0 Å². The molecule has 1 heterocycles. The Morgan fingerprint density at radius 3 is 2.22 bits per heavy atom. The molecule has 3 rings (SSSR count). The Bertz CT molecular complexity index is 990. The van der Waals surface area contributed by atoms with Crippen molar-refractivity contribution >= 4 is 27.2 Å². The summed E-state index contributed by atoms with van der Waals surface area (Å²) in [5.74, 6) is 0.445. The van der Waals surface area contributed by atoms with Crippen molar-refractivity contribution in [3.05, 3.63) is 72.7 Å². The van der Waals surface area contributed by atoms with Gasteiger partial charge in [0.1, 0.15) is 17.4 Å². The standard InChI is InChI=1S/C19H18FN3O3S/c1-2-26-17-8-5-15(6-9-17)22-16-7-12-19(21-13-16)23-27(24,25)18-10-3-14(20)4-11-18/h3-13,22H,2H2,1H3,(H,21,23). The van der Waals surface area contributed by atoms with Gasteiger partial charge in [-0.05, 0) is 67.6 Å². The highest BCUT2D eigenvalue weighted by Gasteiger charge is 2.14. The fraction of sp³-hybridized carbons (Fsp3) is 0.105. The quantitative estimate of drug-likeness (QED) is 0.636. The van der Waals surface area contributed by atoms with Gasteiger partial charge in [-0.1, -0.05) is 0 Å². The van der Waals surface area contributed by atoms with E-state index in [1.807, 2.05) is 31.2 Å². The topological polar surface area (TPSA) is 80.3 Å². The van der Waals surface area contributed by atoms with Crippen LogP contribution in [0.5, 0.6) is 5.75 Å². The van der Waals surface area contributed by atoms with Crippen molar-refractivity contribution in [3.63, 3.8) is 0 Å². The van der Waals surface area contributed by atoms with Gasteiger partial charge in [0.15, 0.2) is 0 Å². The minimum atomic E-state index is -3.83. The first-order valence-corrected chi connectivity index (χ1v) is 9.69. The summed E-state index contributed by atoms with van der Waals surface area (Å²) < 4.78 is 45.2. The number of nitrogens with zero attached hydrogens (tertiary/aromatic N) is 1. The largest absolute Gasteiger partial charge is 0.494 e. The van der Waals surface area contributed by atoms with Crippen molar-refractivity contribution in [2.75, 3.05) is 16.6 Å². The van der Waals surface area contributed by atoms with Crippen molar-refractivity contribution in [1.29, 1.82) is 0 Å². The third kappa shape index (κ3) is 4.95. The molecule has 2 N–H and O–H groups in total. The molecule has 27 heavy (non-hydrogen) atoms. The van der Waals surface area contributed by atoms with Gasteiger partial charge in [-0.25, -0.2) is 17.8 Å². The summed E-state index contributed by atoms with van der Waals surface area (Å²) in [5.41, 5.74) is 1.55. The molecule has 0 spiro atoms. The average molecular weight is 387 g/mol. The first-order valence-electron chi connectivity index (χ1n) is 8.20. The maximum atomic E-state index is 12.9. The summed E-state index contributed by atoms with van der Waals surface area (Å²) >= 11 is 0. The molecule has 0 aliphatic carbocycles. The molecule has 6 nitrogen and oxygen atoms in total. The highest BCUT2D eigenvalue weighted by Crippen LogP contribution is 2.21. The average Bonchev–Trinajstić information content (AvgIpc) is 2.65. The number of hydrogen-bond acceptors (Lipinski definition) is 5. The molecule has 2 aromatic carbocycles. The van der Waals surface area contributed by atoms with Crippen LogP contribution in [0.15, 0.2) is 71.8 Å². The van der Waals surface area contributed by atoms with Crippen molar-refractivity contribution in [1.82, 2.24) is 4.98 Å². The minimum absolute atomic E-state index is 0.0395. The monoisotopic (exact) mass is 387 g/mol. The van der Waals surface area contributed by atoms with Crippen LogP contribution in [0, 0.1) is 5.82 Å². The van der Waals surface area contributed by atoms with E-state index in [1.165, 1.54) is 24.4 Å². The van der Waals surface area contributed by atoms with E-state index in [0.29, 0.717) is 12.3 Å². The number of pyridine rings is 1. The van der Waals surface area contributed by atoms with Crippen LogP contribution in [0.4, 0.5) is 21.6 Å². The Hall–Kier alpha value is -3.13. The van der Waals surface area contributed by atoms with Gasteiger partial charge in [-0.15, -0.1) is 0 Å². The lowest BCUT2D eigenvalue weighted by Crippen LogP contribution is -2.13. The fourth-order valence-corrected chi connectivity index (χ4v) is 3.31. The van der Waals surface area contributed by atoms with E-state index in [0.717, 1.165) is 23.6 Å². The zero-order valence-electron chi connectivity index (χ0n) is 14.5. The summed E-state index contributed by atoms with van der Waals surface area (Å²) in [4.78, 5) is 4.06. The molecule has 0 fully saturated rings. The summed E-state index contributed by atoms with van der Waals surface area (Å²) in [6.45, 7) is 2.52. The molecule has 0 amide bonds. The van der Waals surface area contributed by atoms with E-state index in [1.54, 1.807) is 6.07 Å². The lowest BCUT2D eigenvalue weighted by atomic mass is 10.3. The maximum absolute atomic E-state index is 12.9. The van der Waals surface area contributed by atoms with Crippen molar-refractivity contribution < 1.29 is 17.5 Å². The van der Waals surface area contributed by atoms with Gasteiger partial charge in [-0.2, -0.15) is 0 Å². The number of benzene rings is 2. The predicted molar refractivity (Wildman–Crippen MR) is 102 cm³/mol. The van der Waals surface area contributed by atoms with Crippen molar-refractivity contribution in [3.8, 4) is 5.75 Å². The van der Waals surface area contributed by atoms with Crippen LogP contribution in [0.1, 0.15) is 6.92 Å². The number of halogens is 1. The second kappa shape index (κ2) is 8.05. The molecular weight excluding hydrogens is 369 g/mol. The van der Waals surface area contributed by atoms with Gasteiger partial charge < -0.3 is 10.1 Å². The molecule has 0 unspecified atom stereocenters. The van der Waals surface area contributed by atoms with Gasteiger partial charge in [0.25, 0.3) is 10.0 Å². The molecule has 0 radical (unpaired) electrons. The number of sulfonamides is 1. The van der Waals surface area contributed by atoms with E-state index >= 15 is 0 Å². The van der Waals surface area contributed by atoms with E-state index in [4.69, 9.17) is 4.74 Å². The zero-order chi connectivity index (χ0) is 19.3. The van der Waals surface area contributed by atoms with Gasteiger partial charge in [0.2, 0.25) is 0 Å². The second-order valence-corrected chi connectivity index (χ2v) is 7.26. The van der Waals surface area contributed by atoms with Gasteiger partial charge >= 0.3 is 0 Å². The number of nitrogens with one attached hydrogen (secondary N) is 2. The molecule has 0 bridgehead atoms. The minimum Gasteiger partial charge on any atom is -0.494 e. The van der Waals surface area contributed by atoms with Crippen LogP contribution < -0.4 is 14.8 Å². The summed E-state index contributed by atoms with van der Waals surface area (Å²) in [6, 6.07) is 15.3. The van der Waals surface area contributed by atoms with Gasteiger partial charge in [0, 0.05) is 5.69 Å². The van der Waals surface area contributed by atoms with Crippen LogP contribution in [0.3, 0.4) is 0 Å². The highest BCUT2D eigenvalue weighted by atomic mass is 32.2. The molecular formula is C19H18FN3O3S. The molecule has 8 heteroatoms. The smallest absolute Gasteiger partial charge is 0.263 e. The normalized spacial score (nSPS) is 11.0. The van der Waals surface area contributed by atoms with Crippen LogP contribution >= 0.6 is 0 Å². The summed E-state index contributed by atoms with van der Waals surface area (Å²) in [6.07, 6.45) is 1.51. The number of rotatable bonds is 7. The Labute approximate surface area is 157 Å². The molecule has 1 aromatic heterocycles. The SMILES string of the molecule is CCOc1ccc(Nc2ccc(NS(=O)(=O)c3ccc(F)cc3)nc2)cc1. The van der Waals surface area contributed by atoms with Crippen LogP contribution in [-0.4, -0.2) is 20.0 Å². The zero-order valence-corrected chi connectivity index (χ0v) is 15.3.